The minimum absolute atomic E-state index is 0.122. The Bertz CT molecular complexity index is 775. The Morgan fingerprint density at radius 1 is 1.25 bits per heavy atom. The van der Waals surface area contributed by atoms with Gasteiger partial charge in [0.05, 0.1) is 16.9 Å². The van der Waals surface area contributed by atoms with Gasteiger partial charge in [-0.1, -0.05) is 38.1 Å². The maximum Gasteiger partial charge on any atom is 0.238 e. The predicted molar refractivity (Wildman–Crippen MR) is 98.3 cm³/mol. The molecule has 1 heterocycles. The average molecular weight is 340 g/mol. The van der Waals surface area contributed by atoms with E-state index in [0.29, 0.717) is 0 Å². The van der Waals surface area contributed by atoms with E-state index < -0.39 is 11.2 Å². The monoisotopic (exact) mass is 340 g/mol. The number of benzene rings is 2. The maximum absolute atomic E-state index is 12.6. The quantitative estimate of drug-likeness (QED) is 0.886. The van der Waals surface area contributed by atoms with Crippen LogP contribution in [0.1, 0.15) is 19.4 Å². The predicted octanol–water partition coefficient (Wildman–Crippen LogP) is 3.94. The van der Waals surface area contributed by atoms with Gasteiger partial charge in [-0.15, -0.1) is 11.8 Å². The van der Waals surface area contributed by atoms with Crippen LogP contribution in [-0.2, 0) is 16.0 Å². The number of hydrogen-bond acceptors (Lipinski definition) is 3. The van der Waals surface area contributed by atoms with Gasteiger partial charge >= 0.3 is 0 Å². The van der Waals surface area contributed by atoms with Gasteiger partial charge in [-0.2, -0.15) is 0 Å². The molecule has 0 aromatic heterocycles. The highest BCUT2D eigenvalue weighted by Gasteiger charge is 2.35. The number of carbonyl (C=O) groups excluding carboxylic acids is 2. The Morgan fingerprint density at radius 2 is 2.04 bits per heavy atom. The minimum atomic E-state index is -0.436. The summed E-state index contributed by atoms with van der Waals surface area (Å²) in [5.74, 6) is -0.701. The second-order valence-electron chi connectivity index (χ2n) is 5.86. The lowest BCUT2D eigenvalue weighted by Gasteiger charge is -2.27. The smallest absolute Gasteiger partial charge is 0.238 e. The number of nitrogens with one attached hydrogen (secondary N) is 2. The van der Waals surface area contributed by atoms with Crippen molar-refractivity contribution in [1.82, 2.24) is 0 Å². The molecule has 24 heavy (non-hydrogen) atoms. The van der Waals surface area contributed by atoms with E-state index in [0.717, 1.165) is 22.7 Å². The van der Waals surface area contributed by atoms with Crippen molar-refractivity contribution in [1.29, 1.82) is 0 Å². The Morgan fingerprint density at radius 3 is 2.83 bits per heavy atom. The lowest BCUT2D eigenvalue weighted by atomic mass is 10.0. The third-order valence-electron chi connectivity index (χ3n) is 4.13. The van der Waals surface area contributed by atoms with Crippen molar-refractivity contribution in [3.05, 3.63) is 54.1 Å². The van der Waals surface area contributed by atoms with Crippen LogP contribution in [0.15, 0.2) is 53.4 Å². The summed E-state index contributed by atoms with van der Waals surface area (Å²) in [4.78, 5) is 25.9. The van der Waals surface area contributed by atoms with Gasteiger partial charge in [-0.25, -0.2) is 0 Å². The fourth-order valence-electron chi connectivity index (χ4n) is 2.66. The standard InChI is InChI=1S/C19H20N2O2S/c1-3-13-7-6-8-14(11-13)20-18(22)12(2)17-19(23)21-15-9-4-5-10-16(15)24-17/h4-12,17H,3H2,1-2H3,(H,20,22)(H,21,23)/t12-,17+/m0/s1. The van der Waals surface area contributed by atoms with Gasteiger partial charge in [-0.05, 0) is 36.2 Å². The number of fused-ring (bicyclic) bond motifs is 1. The highest BCUT2D eigenvalue weighted by Crippen LogP contribution is 2.38. The topological polar surface area (TPSA) is 58.2 Å². The molecule has 4 nitrogen and oxygen atoms in total. The van der Waals surface area contributed by atoms with Crippen LogP contribution in [0.4, 0.5) is 11.4 Å². The van der Waals surface area contributed by atoms with Crippen molar-refractivity contribution in [2.45, 2.75) is 30.4 Å². The molecule has 1 aliphatic heterocycles. The summed E-state index contributed by atoms with van der Waals surface area (Å²) in [6.45, 7) is 3.87. The van der Waals surface area contributed by atoms with Crippen LogP contribution in [0.5, 0.6) is 0 Å². The van der Waals surface area contributed by atoms with Crippen LogP contribution in [0.2, 0.25) is 0 Å². The lowest BCUT2D eigenvalue weighted by Crippen LogP contribution is -2.39. The molecule has 1 aliphatic rings. The van der Waals surface area contributed by atoms with Gasteiger partial charge in [0, 0.05) is 10.6 Å². The van der Waals surface area contributed by atoms with Gasteiger partial charge < -0.3 is 10.6 Å². The van der Waals surface area contributed by atoms with E-state index in [1.807, 2.05) is 48.5 Å². The average Bonchev–Trinajstić information content (AvgIpc) is 2.60. The SMILES string of the molecule is CCc1cccc(NC(=O)[C@@H](C)[C@H]2Sc3ccccc3NC2=O)c1. The summed E-state index contributed by atoms with van der Waals surface area (Å²) in [5.41, 5.74) is 2.75. The van der Waals surface area contributed by atoms with E-state index in [1.165, 1.54) is 17.3 Å². The van der Waals surface area contributed by atoms with Crippen LogP contribution < -0.4 is 10.6 Å². The number of thioether (sulfide) groups is 1. The third-order valence-corrected chi connectivity index (χ3v) is 5.61. The van der Waals surface area contributed by atoms with Crippen molar-refractivity contribution >= 4 is 35.0 Å². The van der Waals surface area contributed by atoms with Gasteiger partial charge in [0.1, 0.15) is 0 Å². The van der Waals surface area contributed by atoms with E-state index >= 15 is 0 Å². The zero-order chi connectivity index (χ0) is 17.1. The van der Waals surface area contributed by atoms with Gasteiger partial charge in [0.15, 0.2) is 0 Å². The summed E-state index contributed by atoms with van der Waals surface area (Å²) in [5, 5.41) is 5.38. The molecule has 2 amide bonds. The third kappa shape index (κ3) is 3.46. The first-order valence-electron chi connectivity index (χ1n) is 8.05. The number of amides is 2. The molecule has 0 fully saturated rings. The lowest BCUT2D eigenvalue weighted by molar-refractivity contribution is -0.123. The Balaban J connectivity index is 1.72. The van der Waals surface area contributed by atoms with Crippen LogP contribution in [-0.4, -0.2) is 17.1 Å². The fourth-order valence-corrected chi connectivity index (χ4v) is 3.83. The maximum atomic E-state index is 12.6. The molecule has 0 saturated heterocycles. The largest absolute Gasteiger partial charge is 0.326 e. The summed E-state index contributed by atoms with van der Waals surface area (Å²) in [6.07, 6.45) is 0.914. The first kappa shape index (κ1) is 16.6. The fraction of sp³-hybridized carbons (Fsp3) is 0.263. The van der Waals surface area contributed by atoms with Gasteiger partial charge in [-0.3, -0.25) is 9.59 Å². The van der Waals surface area contributed by atoms with E-state index in [1.54, 1.807) is 6.92 Å². The van der Waals surface area contributed by atoms with Crippen LogP contribution >= 0.6 is 11.8 Å². The highest BCUT2D eigenvalue weighted by molar-refractivity contribution is 8.01. The highest BCUT2D eigenvalue weighted by atomic mass is 32.2. The van der Waals surface area contributed by atoms with Crippen molar-refractivity contribution in [2.75, 3.05) is 10.6 Å². The van der Waals surface area contributed by atoms with Crippen LogP contribution in [0.25, 0.3) is 0 Å². The molecule has 0 unspecified atom stereocenters. The van der Waals surface area contributed by atoms with Crippen molar-refractivity contribution < 1.29 is 9.59 Å². The number of anilines is 2. The molecule has 0 saturated carbocycles. The van der Waals surface area contributed by atoms with E-state index in [2.05, 4.69) is 17.6 Å². The summed E-state index contributed by atoms with van der Waals surface area (Å²) >= 11 is 1.45. The second kappa shape index (κ2) is 7.09. The van der Waals surface area contributed by atoms with E-state index in [4.69, 9.17) is 0 Å². The molecule has 124 valence electrons. The van der Waals surface area contributed by atoms with Gasteiger partial charge in [0.2, 0.25) is 11.8 Å². The molecule has 2 atom stereocenters. The Kier molecular flexibility index (Phi) is 4.90. The van der Waals surface area contributed by atoms with Crippen LogP contribution in [0.3, 0.4) is 0 Å². The molecule has 3 rings (SSSR count). The van der Waals surface area contributed by atoms with Crippen molar-refractivity contribution in [2.24, 2.45) is 5.92 Å². The number of para-hydroxylation sites is 1. The number of carbonyl (C=O) groups is 2. The summed E-state index contributed by atoms with van der Waals surface area (Å²) in [7, 11) is 0. The second-order valence-corrected chi connectivity index (χ2v) is 7.04. The molecule has 2 aromatic carbocycles. The molecular formula is C19H20N2O2S. The summed E-state index contributed by atoms with van der Waals surface area (Å²) < 4.78 is 0. The normalized spacial score (nSPS) is 17.6. The molecule has 0 aliphatic carbocycles. The summed E-state index contributed by atoms with van der Waals surface area (Å²) in [6, 6.07) is 15.4. The molecule has 2 N–H and O–H groups in total. The van der Waals surface area contributed by atoms with E-state index in [9.17, 15) is 9.59 Å². The molecule has 2 aromatic rings. The zero-order valence-electron chi connectivity index (χ0n) is 13.7. The molecular weight excluding hydrogens is 320 g/mol. The minimum Gasteiger partial charge on any atom is -0.326 e. The molecule has 0 bridgehead atoms. The van der Waals surface area contributed by atoms with Crippen molar-refractivity contribution in [3.8, 4) is 0 Å². The first-order valence-corrected chi connectivity index (χ1v) is 8.93. The van der Waals surface area contributed by atoms with Gasteiger partial charge in [0.25, 0.3) is 0 Å². The molecule has 5 heteroatoms. The van der Waals surface area contributed by atoms with Crippen LogP contribution in [0, 0.1) is 5.92 Å². The van der Waals surface area contributed by atoms with E-state index in [-0.39, 0.29) is 11.8 Å². The number of rotatable bonds is 4. The number of aryl methyl sites for hydroxylation is 1. The van der Waals surface area contributed by atoms with Crippen molar-refractivity contribution in [3.63, 3.8) is 0 Å². The molecule has 0 radical (unpaired) electrons. The zero-order valence-corrected chi connectivity index (χ0v) is 14.5. The molecule has 0 spiro atoms. The first-order chi connectivity index (χ1) is 11.6. The Labute approximate surface area is 146 Å². The number of hydrogen-bond donors (Lipinski definition) is 2. The Hall–Kier alpha value is -2.27.